The zero-order valence-corrected chi connectivity index (χ0v) is 8.27. The Kier molecular flexibility index (Phi) is 2.06. The molecule has 2 unspecified atom stereocenters. The maximum Gasteiger partial charge on any atom is 0.417 e. The summed E-state index contributed by atoms with van der Waals surface area (Å²) >= 11 is 0. The van der Waals surface area contributed by atoms with E-state index >= 15 is 0 Å². The van der Waals surface area contributed by atoms with E-state index in [1.807, 2.05) is 12.2 Å². The fraction of sp³-hybridized carbons (Fsp3) is 0.600. The molecule has 2 atom stereocenters. The Morgan fingerprint density at radius 1 is 1.57 bits per heavy atom. The number of fused-ring (bicyclic) bond motifs is 2. The van der Waals surface area contributed by atoms with E-state index in [0.29, 0.717) is 0 Å². The first-order valence-corrected chi connectivity index (χ1v) is 4.81. The molecule has 4 heteroatoms. The van der Waals surface area contributed by atoms with Crippen molar-refractivity contribution in [3.05, 3.63) is 12.2 Å². The van der Waals surface area contributed by atoms with Crippen molar-refractivity contribution in [3.8, 4) is 0 Å². The number of likely N-dealkylation sites (tertiary alicyclic amines) is 1. The van der Waals surface area contributed by atoms with Gasteiger partial charge in [0.2, 0.25) is 5.91 Å². The Labute approximate surface area is 82.5 Å². The number of hydrogen-bond acceptors (Lipinski definition) is 3. The van der Waals surface area contributed by atoms with Gasteiger partial charge in [0.15, 0.2) is 0 Å². The Morgan fingerprint density at radius 2 is 2.29 bits per heavy atom. The molecule has 0 aromatic rings. The van der Waals surface area contributed by atoms with E-state index in [2.05, 4.69) is 0 Å². The van der Waals surface area contributed by atoms with Crippen LogP contribution in [-0.2, 0) is 9.53 Å². The zero-order chi connectivity index (χ0) is 10.3. The molecule has 2 amide bonds. The van der Waals surface area contributed by atoms with Crippen molar-refractivity contribution in [1.82, 2.24) is 4.90 Å². The molecule has 1 aliphatic carbocycles. The normalized spacial score (nSPS) is 29.1. The van der Waals surface area contributed by atoms with Crippen molar-refractivity contribution in [2.45, 2.75) is 32.4 Å². The zero-order valence-electron chi connectivity index (χ0n) is 8.27. The first-order valence-electron chi connectivity index (χ1n) is 4.81. The van der Waals surface area contributed by atoms with Crippen LogP contribution in [0.2, 0.25) is 0 Å². The minimum absolute atomic E-state index is 0.0706. The Balaban J connectivity index is 2.09. The van der Waals surface area contributed by atoms with Gasteiger partial charge in [-0.1, -0.05) is 12.2 Å². The number of rotatable bonds is 1. The van der Waals surface area contributed by atoms with Crippen molar-refractivity contribution in [2.24, 2.45) is 5.92 Å². The standard InChI is InChI=1S/C10H13NO3/c1-6(2)14-10(13)11-8-4-3-7(5-8)9(11)12/h3-4,6-8H,5H2,1-2H3. The van der Waals surface area contributed by atoms with Gasteiger partial charge >= 0.3 is 6.09 Å². The van der Waals surface area contributed by atoms with Gasteiger partial charge in [0.1, 0.15) is 0 Å². The van der Waals surface area contributed by atoms with Crippen LogP contribution in [0, 0.1) is 5.92 Å². The summed E-state index contributed by atoms with van der Waals surface area (Å²) < 4.78 is 4.99. The van der Waals surface area contributed by atoms with Crippen molar-refractivity contribution in [1.29, 1.82) is 0 Å². The molecule has 0 saturated carbocycles. The molecule has 14 heavy (non-hydrogen) atoms. The first kappa shape index (κ1) is 9.24. The molecule has 1 fully saturated rings. The van der Waals surface area contributed by atoms with Gasteiger partial charge in [-0.25, -0.2) is 9.69 Å². The maximum absolute atomic E-state index is 11.6. The lowest BCUT2D eigenvalue weighted by molar-refractivity contribution is -0.129. The average Bonchev–Trinajstić information content (AvgIpc) is 2.61. The van der Waals surface area contributed by atoms with Gasteiger partial charge in [-0.2, -0.15) is 0 Å². The third-order valence-corrected chi connectivity index (χ3v) is 2.48. The molecule has 0 N–H and O–H groups in total. The second-order valence-electron chi connectivity index (χ2n) is 3.94. The molecule has 1 heterocycles. The van der Waals surface area contributed by atoms with Gasteiger partial charge < -0.3 is 4.74 Å². The molecule has 0 spiro atoms. The summed E-state index contributed by atoms with van der Waals surface area (Å²) in [5, 5.41) is 0. The fourth-order valence-electron chi connectivity index (χ4n) is 1.88. The fourth-order valence-corrected chi connectivity index (χ4v) is 1.88. The average molecular weight is 195 g/mol. The van der Waals surface area contributed by atoms with Crippen LogP contribution < -0.4 is 0 Å². The summed E-state index contributed by atoms with van der Waals surface area (Å²) in [5.41, 5.74) is 0. The highest BCUT2D eigenvalue weighted by Gasteiger charge is 2.45. The van der Waals surface area contributed by atoms with E-state index in [1.165, 1.54) is 4.90 Å². The molecule has 2 rings (SSSR count). The minimum Gasteiger partial charge on any atom is -0.446 e. The number of nitrogens with zero attached hydrogens (tertiary/aromatic N) is 1. The smallest absolute Gasteiger partial charge is 0.417 e. The summed E-state index contributed by atoms with van der Waals surface area (Å²) in [7, 11) is 0. The SMILES string of the molecule is CC(C)OC(=O)N1C(=O)C2C=CC1C2. The second kappa shape index (κ2) is 3.12. The lowest BCUT2D eigenvalue weighted by atomic mass is 10.1. The molecule has 2 bridgehead atoms. The molecular weight excluding hydrogens is 182 g/mol. The molecule has 0 radical (unpaired) electrons. The third kappa shape index (κ3) is 1.31. The summed E-state index contributed by atoms with van der Waals surface area (Å²) in [6.07, 6.45) is 3.80. The molecule has 1 saturated heterocycles. The van der Waals surface area contributed by atoms with Crippen LogP contribution in [0.1, 0.15) is 20.3 Å². The molecular formula is C10H13NO3. The van der Waals surface area contributed by atoms with E-state index in [0.717, 1.165) is 6.42 Å². The Bertz CT molecular complexity index is 308. The topological polar surface area (TPSA) is 46.6 Å². The summed E-state index contributed by atoms with van der Waals surface area (Å²) in [6, 6.07) is -0.0706. The molecule has 0 aromatic heterocycles. The highest BCUT2D eigenvalue weighted by atomic mass is 16.6. The van der Waals surface area contributed by atoms with Gasteiger partial charge in [-0.05, 0) is 20.3 Å². The lowest BCUT2D eigenvalue weighted by Crippen LogP contribution is -2.41. The second-order valence-corrected chi connectivity index (χ2v) is 3.94. The molecule has 1 aliphatic heterocycles. The molecule has 4 nitrogen and oxygen atoms in total. The number of hydrogen-bond donors (Lipinski definition) is 0. The van der Waals surface area contributed by atoms with Crippen LogP contribution in [0.5, 0.6) is 0 Å². The van der Waals surface area contributed by atoms with E-state index in [9.17, 15) is 9.59 Å². The summed E-state index contributed by atoms with van der Waals surface area (Å²) in [5.74, 6) is -0.220. The van der Waals surface area contributed by atoms with Gasteiger partial charge in [0.25, 0.3) is 0 Å². The quantitative estimate of drug-likeness (QED) is 0.593. The number of imide groups is 1. The lowest BCUT2D eigenvalue weighted by Gasteiger charge is -2.22. The van der Waals surface area contributed by atoms with Gasteiger partial charge in [-0.15, -0.1) is 0 Å². The van der Waals surface area contributed by atoms with E-state index < -0.39 is 6.09 Å². The summed E-state index contributed by atoms with van der Waals surface area (Å²) in [6.45, 7) is 3.54. The van der Waals surface area contributed by atoms with Crippen molar-refractivity contribution >= 4 is 12.0 Å². The van der Waals surface area contributed by atoms with Crippen LogP contribution >= 0.6 is 0 Å². The van der Waals surface area contributed by atoms with Crippen LogP contribution in [-0.4, -0.2) is 29.0 Å². The van der Waals surface area contributed by atoms with Crippen LogP contribution in [0.25, 0.3) is 0 Å². The summed E-state index contributed by atoms with van der Waals surface area (Å²) in [4.78, 5) is 24.3. The van der Waals surface area contributed by atoms with Crippen molar-refractivity contribution < 1.29 is 14.3 Å². The van der Waals surface area contributed by atoms with Crippen molar-refractivity contribution in [3.63, 3.8) is 0 Å². The van der Waals surface area contributed by atoms with E-state index in [4.69, 9.17) is 4.74 Å². The van der Waals surface area contributed by atoms with Crippen LogP contribution in [0.4, 0.5) is 4.79 Å². The largest absolute Gasteiger partial charge is 0.446 e. The predicted octanol–water partition coefficient (Wildman–Crippen LogP) is 1.32. The number of carbonyl (C=O) groups excluding carboxylic acids is 2. The third-order valence-electron chi connectivity index (χ3n) is 2.48. The van der Waals surface area contributed by atoms with Gasteiger partial charge in [0.05, 0.1) is 18.1 Å². The molecule has 76 valence electrons. The molecule has 0 aromatic carbocycles. The van der Waals surface area contributed by atoms with Gasteiger partial charge in [-0.3, -0.25) is 4.79 Å². The number of amides is 2. The Morgan fingerprint density at radius 3 is 2.79 bits per heavy atom. The van der Waals surface area contributed by atoms with E-state index in [-0.39, 0.29) is 24.0 Å². The Hall–Kier alpha value is -1.32. The van der Waals surface area contributed by atoms with Crippen LogP contribution in [0.15, 0.2) is 12.2 Å². The first-order chi connectivity index (χ1) is 6.59. The highest BCUT2D eigenvalue weighted by molar-refractivity contribution is 5.97. The van der Waals surface area contributed by atoms with Crippen molar-refractivity contribution in [2.75, 3.05) is 0 Å². The van der Waals surface area contributed by atoms with Crippen LogP contribution in [0.3, 0.4) is 0 Å². The molecule has 2 aliphatic rings. The number of ether oxygens (including phenoxy) is 1. The highest BCUT2D eigenvalue weighted by Crippen LogP contribution is 2.33. The van der Waals surface area contributed by atoms with E-state index in [1.54, 1.807) is 13.8 Å². The maximum atomic E-state index is 11.6. The minimum atomic E-state index is -0.512. The number of carbonyl (C=O) groups is 2. The monoisotopic (exact) mass is 195 g/mol. The predicted molar refractivity (Wildman–Crippen MR) is 49.5 cm³/mol. The van der Waals surface area contributed by atoms with Gasteiger partial charge in [0, 0.05) is 0 Å².